The molecule has 2 N–H and O–H groups in total. The third-order valence-electron chi connectivity index (χ3n) is 3.85. The van der Waals surface area contributed by atoms with Crippen LogP contribution in [-0.2, 0) is 13.0 Å². The Morgan fingerprint density at radius 2 is 1.67 bits per heavy atom. The van der Waals surface area contributed by atoms with Crippen molar-refractivity contribution in [2.75, 3.05) is 13.6 Å². The fraction of sp³-hybridized carbons (Fsp3) is 0.333. The normalized spacial score (nSPS) is 12.6. The van der Waals surface area contributed by atoms with E-state index in [2.05, 4.69) is 54.4 Å². The van der Waals surface area contributed by atoms with Crippen LogP contribution < -0.4 is 5.73 Å². The molecular weight excluding hydrogens is 280 g/mol. The van der Waals surface area contributed by atoms with E-state index >= 15 is 0 Å². The van der Waals surface area contributed by atoms with Gasteiger partial charge in [0.25, 0.3) is 0 Å². The molecule has 21 heavy (non-hydrogen) atoms. The van der Waals surface area contributed by atoms with E-state index in [1.165, 1.54) is 11.1 Å². The van der Waals surface area contributed by atoms with Crippen molar-refractivity contribution in [3.05, 3.63) is 70.7 Å². The van der Waals surface area contributed by atoms with Crippen molar-refractivity contribution in [1.82, 2.24) is 4.90 Å². The molecule has 0 saturated heterocycles. The second-order valence-corrected chi connectivity index (χ2v) is 5.89. The zero-order chi connectivity index (χ0) is 15.1. The molecule has 112 valence electrons. The highest BCUT2D eigenvalue weighted by Crippen LogP contribution is 2.14. The summed E-state index contributed by atoms with van der Waals surface area (Å²) in [6.07, 6.45) is 2.14. The molecule has 0 aromatic heterocycles. The Labute approximate surface area is 132 Å². The predicted octanol–water partition coefficient (Wildman–Crippen LogP) is 3.73. The molecule has 0 amide bonds. The van der Waals surface area contributed by atoms with Crippen LogP contribution in [0.25, 0.3) is 0 Å². The zero-order valence-electron chi connectivity index (χ0n) is 12.5. The molecule has 0 aliphatic heterocycles. The summed E-state index contributed by atoms with van der Waals surface area (Å²) in [5.41, 5.74) is 8.59. The average Bonchev–Trinajstić information content (AvgIpc) is 2.51. The molecule has 0 fully saturated rings. The van der Waals surface area contributed by atoms with Gasteiger partial charge in [0.05, 0.1) is 0 Å². The third kappa shape index (κ3) is 5.16. The van der Waals surface area contributed by atoms with Crippen LogP contribution >= 0.6 is 11.6 Å². The first-order chi connectivity index (χ1) is 10.2. The summed E-state index contributed by atoms with van der Waals surface area (Å²) in [5, 5.41) is 0.779. The molecule has 2 aromatic rings. The van der Waals surface area contributed by atoms with E-state index in [9.17, 15) is 0 Å². The van der Waals surface area contributed by atoms with Crippen molar-refractivity contribution < 1.29 is 0 Å². The standard InChI is InChI=1S/C18H23ClN2/c1-21(14-16-7-10-17(19)11-8-16)18(13-20)12-9-15-5-3-2-4-6-15/h2-8,10-11,18H,9,12-14,20H2,1H3. The van der Waals surface area contributed by atoms with E-state index in [0.29, 0.717) is 12.6 Å². The molecule has 0 aliphatic carbocycles. The summed E-state index contributed by atoms with van der Waals surface area (Å²) in [6, 6.07) is 19.0. The van der Waals surface area contributed by atoms with Gasteiger partial charge in [-0.15, -0.1) is 0 Å². The SMILES string of the molecule is CN(Cc1ccc(Cl)cc1)C(CN)CCc1ccccc1. The molecule has 0 spiro atoms. The van der Waals surface area contributed by atoms with Crippen molar-refractivity contribution in [3.63, 3.8) is 0 Å². The Morgan fingerprint density at radius 1 is 1.00 bits per heavy atom. The van der Waals surface area contributed by atoms with Gasteiger partial charge in [0, 0.05) is 24.2 Å². The number of rotatable bonds is 7. The first kappa shape index (κ1) is 16.0. The van der Waals surface area contributed by atoms with Crippen molar-refractivity contribution >= 4 is 11.6 Å². The van der Waals surface area contributed by atoms with Gasteiger partial charge in [0.2, 0.25) is 0 Å². The Hall–Kier alpha value is -1.35. The van der Waals surface area contributed by atoms with Crippen LogP contribution in [0, 0.1) is 0 Å². The molecular formula is C18H23ClN2. The lowest BCUT2D eigenvalue weighted by atomic mass is 10.0. The van der Waals surface area contributed by atoms with Gasteiger partial charge in [0.15, 0.2) is 0 Å². The number of benzene rings is 2. The number of hydrogen-bond donors (Lipinski definition) is 1. The summed E-state index contributed by atoms with van der Waals surface area (Å²) >= 11 is 5.92. The number of hydrogen-bond acceptors (Lipinski definition) is 2. The molecule has 1 atom stereocenters. The minimum Gasteiger partial charge on any atom is -0.329 e. The Balaban J connectivity index is 1.89. The lowest BCUT2D eigenvalue weighted by molar-refractivity contribution is 0.227. The summed E-state index contributed by atoms with van der Waals surface area (Å²) < 4.78 is 0. The molecule has 3 heteroatoms. The largest absolute Gasteiger partial charge is 0.329 e. The second-order valence-electron chi connectivity index (χ2n) is 5.46. The fourth-order valence-electron chi connectivity index (χ4n) is 2.50. The Bertz CT molecular complexity index is 525. The van der Waals surface area contributed by atoms with Crippen LogP contribution in [0.5, 0.6) is 0 Å². The van der Waals surface area contributed by atoms with Crippen molar-refractivity contribution in [1.29, 1.82) is 0 Å². The summed E-state index contributed by atoms with van der Waals surface area (Å²) in [6.45, 7) is 1.57. The molecule has 1 unspecified atom stereocenters. The number of nitrogens with two attached hydrogens (primary N) is 1. The number of nitrogens with zero attached hydrogens (tertiary/aromatic N) is 1. The van der Waals surface area contributed by atoms with Crippen molar-refractivity contribution in [2.24, 2.45) is 5.73 Å². The minimum absolute atomic E-state index is 0.390. The van der Waals surface area contributed by atoms with Crippen LogP contribution in [-0.4, -0.2) is 24.5 Å². The van der Waals surface area contributed by atoms with Gasteiger partial charge in [0.1, 0.15) is 0 Å². The van der Waals surface area contributed by atoms with Gasteiger partial charge in [-0.3, -0.25) is 4.90 Å². The maximum Gasteiger partial charge on any atom is 0.0406 e. The Kier molecular flexibility index (Phi) is 6.24. The first-order valence-electron chi connectivity index (χ1n) is 7.37. The highest BCUT2D eigenvalue weighted by atomic mass is 35.5. The average molecular weight is 303 g/mol. The molecule has 0 saturated carbocycles. The summed E-state index contributed by atoms with van der Waals surface area (Å²) in [4.78, 5) is 2.33. The molecule has 0 aliphatic rings. The van der Waals surface area contributed by atoms with Crippen LogP contribution in [0.1, 0.15) is 17.5 Å². The fourth-order valence-corrected chi connectivity index (χ4v) is 2.63. The van der Waals surface area contributed by atoms with Gasteiger partial charge < -0.3 is 5.73 Å². The van der Waals surface area contributed by atoms with E-state index < -0.39 is 0 Å². The van der Waals surface area contributed by atoms with Gasteiger partial charge in [-0.05, 0) is 43.1 Å². The van der Waals surface area contributed by atoms with Crippen LogP contribution in [0.3, 0.4) is 0 Å². The topological polar surface area (TPSA) is 29.3 Å². The van der Waals surface area contributed by atoms with Gasteiger partial charge in [-0.1, -0.05) is 54.1 Å². The monoisotopic (exact) mass is 302 g/mol. The molecule has 0 radical (unpaired) electrons. The van der Waals surface area contributed by atoms with Gasteiger partial charge in [-0.2, -0.15) is 0 Å². The minimum atomic E-state index is 0.390. The number of halogens is 1. The second kappa shape index (κ2) is 8.18. The van der Waals surface area contributed by atoms with E-state index in [4.69, 9.17) is 17.3 Å². The van der Waals surface area contributed by atoms with Crippen LogP contribution in [0.15, 0.2) is 54.6 Å². The molecule has 0 bridgehead atoms. The highest BCUT2D eigenvalue weighted by molar-refractivity contribution is 6.30. The summed E-state index contributed by atoms with van der Waals surface area (Å²) in [5.74, 6) is 0. The molecule has 2 rings (SSSR count). The quantitative estimate of drug-likeness (QED) is 0.844. The summed E-state index contributed by atoms with van der Waals surface area (Å²) in [7, 11) is 2.14. The van der Waals surface area contributed by atoms with Gasteiger partial charge >= 0.3 is 0 Å². The third-order valence-corrected chi connectivity index (χ3v) is 4.10. The maximum absolute atomic E-state index is 5.95. The zero-order valence-corrected chi connectivity index (χ0v) is 13.3. The van der Waals surface area contributed by atoms with Crippen molar-refractivity contribution in [3.8, 4) is 0 Å². The van der Waals surface area contributed by atoms with Crippen LogP contribution in [0.4, 0.5) is 0 Å². The smallest absolute Gasteiger partial charge is 0.0406 e. The number of aryl methyl sites for hydroxylation is 1. The van der Waals surface area contributed by atoms with E-state index in [0.717, 1.165) is 24.4 Å². The van der Waals surface area contributed by atoms with Crippen molar-refractivity contribution in [2.45, 2.75) is 25.4 Å². The maximum atomic E-state index is 5.95. The van der Waals surface area contributed by atoms with E-state index in [1.807, 2.05) is 12.1 Å². The molecule has 2 aromatic carbocycles. The lowest BCUT2D eigenvalue weighted by Gasteiger charge is -2.27. The molecule has 2 nitrogen and oxygen atoms in total. The van der Waals surface area contributed by atoms with Gasteiger partial charge in [-0.25, -0.2) is 0 Å². The predicted molar refractivity (Wildman–Crippen MR) is 90.5 cm³/mol. The Morgan fingerprint density at radius 3 is 2.29 bits per heavy atom. The molecule has 0 heterocycles. The van der Waals surface area contributed by atoms with Crippen LogP contribution in [0.2, 0.25) is 5.02 Å². The number of likely N-dealkylation sites (N-methyl/N-ethyl adjacent to an activating group) is 1. The lowest BCUT2D eigenvalue weighted by Crippen LogP contribution is -2.37. The van der Waals surface area contributed by atoms with E-state index in [1.54, 1.807) is 0 Å². The first-order valence-corrected chi connectivity index (χ1v) is 7.75. The van der Waals surface area contributed by atoms with E-state index in [-0.39, 0.29) is 0 Å². The highest BCUT2D eigenvalue weighted by Gasteiger charge is 2.13.